The summed E-state index contributed by atoms with van der Waals surface area (Å²) in [7, 11) is 1.71. The molecule has 2 heterocycles. The van der Waals surface area contributed by atoms with Crippen LogP contribution in [0.15, 0.2) is 36.4 Å². The highest BCUT2D eigenvalue weighted by Gasteiger charge is 2.45. The molecule has 0 unspecified atom stereocenters. The molecule has 0 bridgehead atoms. The quantitative estimate of drug-likeness (QED) is 0.782. The summed E-state index contributed by atoms with van der Waals surface area (Å²) in [6.07, 6.45) is 0. The van der Waals surface area contributed by atoms with Crippen molar-refractivity contribution in [2.24, 2.45) is 5.92 Å². The standard InChI is InChI=1S/C16H21NOS2/c1-11(2)14-10-17(15(14)16-19-8-9-20-16)12-4-6-13(18-3)7-5-12/h4-7,14-16H,1,8-10H2,2-3H3/t14-,15-/m1/s1. The van der Waals surface area contributed by atoms with Gasteiger partial charge in [0.1, 0.15) is 5.75 Å². The van der Waals surface area contributed by atoms with E-state index in [1.54, 1.807) is 7.11 Å². The minimum Gasteiger partial charge on any atom is -0.497 e. The predicted octanol–water partition coefficient (Wildman–Crippen LogP) is 3.88. The molecule has 3 rings (SSSR count). The van der Waals surface area contributed by atoms with Gasteiger partial charge in [0.15, 0.2) is 0 Å². The van der Waals surface area contributed by atoms with Gasteiger partial charge in [-0.05, 0) is 31.2 Å². The normalized spacial score (nSPS) is 26.4. The second-order valence-electron chi connectivity index (χ2n) is 5.40. The first-order chi connectivity index (χ1) is 9.70. The van der Waals surface area contributed by atoms with E-state index in [0.29, 0.717) is 16.5 Å². The molecule has 0 spiro atoms. The van der Waals surface area contributed by atoms with Crippen LogP contribution in [0.4, 0.5) is 5.69 Å². The lowest BCUT2D eigenvalue weighted by Gasteiger charge is -2.52. The Morgan fingerprint density at radius 3 is 2.45 bits per heavy atom. The van der Waals surface area contributed by atoms with Crippen LogP contribution in [0.5, 0.6) is 5.75 Å². The first-order valence-electron chi connectivity index (χ1n) is 7.00. The van der Waals surface area contributed by atoms with Crippen molar-refractivity contribution in [1.29, 1.82) is 0 Å². The van der Waals surface area contributed by atoms with Crippen LogP contribution >= 0.6 is 23.5 Å². The van der Waals surface area contributed by atoms with Crippen molar-refractivity contribution in [1.82, 2.24) is 0 Å². The van der Waals surface area contributed by atoms with Crippen LogP contribution in [-0.4, -0.2) is 35.8 Å². The molecule has 4 heteroatoms. The maximum Gasteiger partial charge on any atom is 0.119 e. The van der Waals surface area contributed by atoms with E-state index in [2.05, 4.69) is 66.2 Å². The van der Waals surface area contributed by atoms with E-state index >= 15 is 0 Å². The van der Waals surface area contributed by atoms with Crippen LogP contribution in [0, 0.1) is 5.92 Å². The van der Waals surface area contributed by atoms with Crippen molar-refractivity contribution in [3.05, 3.63) is 36.4 Å². The molecule has 2 aliphatic heterocycles. The summed E-state index contributed by atoms with van der Waals surface area (Å²) in [5.74, 6) is 4.13. The smallest absolute Gasteiger partial charge is 0.119 e. The molecule has 2 nitrogen and oxygen atoms in total. The second-order valence-corrected chi connectivity index (χ2v) is 8.20. The average molecular weight is 307 g/mol. The lowest BCUT2D eigenvalue weighted by molar-refractivity contribution is 0.357. The van der Waals surface area contributed by atoms with Gasteiger partial charge in [0.05, 0.1) is 17.7 Å². The zero-order valence-corrected chi connectivity index (χ0v) is 13.7. The van der Waals surface area contributed by atoms with Crippen LogP contribution in [-0.2, 0) is 0 Å². The van der Waals surface area contributed by atoms with Crippen LogP contribution in [0.25, 0.3) is 0 Å². The average Bonchev–Trinajstić information content (AvgIpc) is 2.91. The van der Waals surface area contributed by atoms with Crippen molar-refractivity contribution < 1.29 is 4.74 Å². The lowest BCUT2D eigenvalue weighted by atomic mass is 9.84. The topological polar surface area (TPSA) is 12.5 Å². The summed E-state index contributed by atoms with van der Waals surface area (Å²) >= 11 is 4.22. The summed E-state index contributed by atoms with van der Waals surface area (Å²) in [6, 6.07) is 9.04. The summed E-state index contributed by atoms with van der Waals surface area (Å²) in [4.78, 5) is 2.54. The number of anilines is 1. The Kier molecular flexibility index (Phi) is 4.22. The molecule has 1 aromatic carbocycles. The molecule has 2 atom stereocenters. The molecule has 108 valence electrons. The monoisotopic (exact) mass is 307 g/mol. The number of hydrogen-bond acceptors (Lipinski definition) is 4. The summed E-state index contributed by atoms with van der Waals surface area (Å²) in [6.45, 7) is 7.46. The molecule has 20 heavy (non-hydrogen) atoms. The number of rotatable bonds is 4. The summed E-state index contributed by atoms with van der Waals surface area (Å²) < 4.78 is 5.93. The Morgan fingerprint density at radius 2 is 1.90 bits per heavy atom. The fourth-order valence-corrected chi connectivity index (χ4v) is 6.19. The number of nitrogens with zero attached hydrogens (tertiary/aromatic N) is 1. The van der Waals surface area contributed by atoms with Gasteiger partial charge in [0.25, 0.3) is 0 Å². The minimum atomic E-state index is 0.596. The highest BCUT2D eigenvalue weighted by atomic mass is 32.2. The van der Waals surface area contributed by atoms with Crippen LogP contribution in [0.2, 0.25) is 0 Å². The maximum absolute atomic E-state index is 5.25. The van der Waals surface area contributed by atoms with E-state index in [0.717, 1.165) is 12.3 Å². The number of thioether (sulfide) groups is 2. The van der Waals surface area contributed by atoms with Crippen molar-refractivity contribution >= 4 is 29.2 Å². The Balaban J connectivity index is 1.79. The van der Waals surface area contributed by atoms with E-state index in [4.69, 9.17) is 4.74 Å². The Hall–Kier alpha value is -0.740. The summed E-state index contributed by atoms with van der Waals surface area (Å²) in [5.41, 5.74) is 2.63. The Morgan fingerprint density at radius 1 is 1.25 bits per heavy atom. The van der Waals surface area contributed by atoms with Gasteiger partial charge in [0.2, 0.25) is 0 Å². The molecule has 2 aliphatic rings. The molecular weight excluding hydrogens is 286 g/mol. The van der Waals surface area contributed by atoms with Gasteiger partial charge in [-0.2, -0.15) is 0 Å². The molecular formula is C16H21NOS2. The summed E-state index contributed by atoms with van der Waals surface area (Å²) in [5, 5.41) is 0. The Labute approximate surface area is 129 Å². The first kappa shape index (κ1) is 14.2. The Bertz CT molecular complexity index is 482. The number of methoxy groups -OCH3 is 1. The number of hydrogen-bond donors (Lipinski definition) is 0. The van der Waals surface area contributed by atoms with Crippen LogP contribution in [0.1, 0.15) is 6.92 Å². The van der Waals surface area contributed by atoms with Gasteiger partial charge in [-0.15, -0.1) is 23.5 Å². The maximum atomic E-state index is 5.25. The van der Waals surface area contributed by atoms with E-state index in [-0.39, 0.29) is 0 Å². The van der Waals surface area contributed by atoms with E-state index in [1.807, 2.05) is 0 Å². The molecule has 2 fully saturated rings. The molecule has 0 aromatic heterocycles. The van der Waals surface area contributed by atoms with Crippen LogP contribution in [0.3, 0.4) is 0 Å². The van der Waals surface area contributed by atoms with Crippen molar-refractivity contribution in [3.63, 3.8) is 0 Å². The first-order valence-corrected chi connectivity index (χ1v) is 9.10. The van der Waals surface area contributed by atoms with Crippen molar-refractivity contribution in [3.8, 4) is 5.75 Å². The molecule has 1 aromatic rings. The molecule has 0 amide bonds. The van der Waals surface area contributed by atoms with Gasteiger partial charge in [-0.25, -0.2) is 0 Å². The second kappa shape index (κ2) is 5.94. The van der Waals surface area contributed by atoms with Crippen molar-refractivity contribution in [2.75, 3.05) is 30.1 Å². The SMILES string of the molecule is C=C(C)[C@H]1CN(c2ccc(OC)cc2)[C@H]1C1SCCS1. The molecule has 0 aliphatic carbocycles. The van der Waals surface area contributed by atoms with Gasteiger partial charge in [-0.3, -0.25) is 0 Å². The highest BCUT2D eigenvalue weighted by molar-refractivity contribution is 8.20. The highest BCUT2D eigenvalue weighted by Crippen LogP contribution is 2.46. The number of benzene rings is 1. The van der Waals surface area contributed by atoms with E-state index in [1.165, 1.54) is 22.8 Å². The van der Waals surface area contributed by atoms with Crippen molar-refractivity contribution in [2.45, 2.75) is 17.5 Å². The minimum absolute atomic E-state index is 0.596. The predicted molar refractivity (Wildman–Crippen MR) is 91.1 cm³/mol. The zero-order valence-electron chi connectivity index (χ0n) is 12.0. The molecule has 0 saturated carbocycles. The molecule has 0 radical (unpaired) electrons. The van der Waals surface area contributed by atoms with Gasteiger partial charge >= 0.3 is 0 Å². The largest absolute Gasteiger partial charge is 0.497 e. The molecule has 0 N–H and O–H groups in total. The van der Waals surface area contributed by atoms with Gasteiger partial charge < -0.3 is 9.64 Å². The third-order valence-electron chi connectivity index (χ3n) is 4.13. The third kappa shape index (κ3) is 2.56. The van der Waals surface area contributed by atoms with E-state index in [9.17, 15) is 0 Å². The zero-order chi connectivity index (χ0) is 14.1. The van der Waals surface area contributed by atoms with E-state index < -0.39 is 0 Å². The number of ether oxygens (including phenoxy) is 1. The fraction of sp³-hybridized carbons (Fsp3) is 0.500. The fourth-order valence-electron chi connectivity index (χ4n) is 2.93. The van der Waals surface area contributed by atoms with Crippen LogP contribution < -0.4 is 9.64 Å². The lowest BCUT2D eigenvalue weighted by Crippen LogP contribution is -2.60. The van der Waals surface area contributed by atoms with Gasteiger partial charge in [0, 0.05) is 29.7 Å². The molecule has 2 saturated heterocycles. The van der Waals surface area contributed by atoms with Gasteiger partial charge in [-0.1, -0.05) is 12.2 Å². The third-order valence-corrected chi connectivity index (χ3v) is 7.30.